The largest absolute Gasteiger partial charge is 0.370 e. The second-order valence-corrected chi connectivity index (χ2v) is 5.64. The molecule has 1 atom stereocenters. The zero-order valence-corrected chi connectivity index (χ0v) is 13.1. The maximum atomic E-state index is 5.96. The van der Waals surface area contributed by atoms with E-state index in [2.05, 4.69) is 50.9 Å². The summed E-state index contributed by atoms with van der Waals surface area (Å²) in [6.45, 7) is 7.31. The van der Waals surface area contributed by atoms with Crippen molar-refractivity contribution in [2.24, 2.45) is 5.73 Å². The Bertz CT molecular complexity index is 374. The van der Waals surface area contributed by atoms with Crippen LogP contribution in [-0.4, -0.2) is 19.6 Å². The minimum Gasteiger partial charge on any atom is -0.370 e. The van der Waals surface area contributed by atoms with Gasteiger partial charge in [-0.05, 0) is 31.9 Å². The van der Waals surface area contributed by atoms with Gasteiger partial charge in [-0.3, -0.25) is 0 Å². The van der Waals surface area contributed by atoms with E-state index in [0.717, 1.165) is 6.54 Å². The number of hydrogen-bond acceptors (Lipinski definition) is 2. The van der Waals surface area contributed by atoms with Gasteiger partial charge in [0, 0.05) is 25.3 Å². The highest BCUT2D eigenvalue weighted by Gasteiger charge is 2.14. The Labute approximate surface area is 119 Å². The molecule has 1 rings (SSSR count). The number of unbranched alkanes of at least 4 members (excludes halogenated alkanes) is 3. The van der Waals surface area contributed by atoms with E-state index >= 15 is 0 Å². The minimum atomic E-state index is 0.457. The van der Waals surface area contributed by atoms with Crippen molar-refractivity contribution in [3.8, 4) is 0 Å². The molecule has 19 heavy (non-hydrogen) atoms. The molecule has 0 amide bonds. The highest BCUT2D eigenvalue weighted by atomic mass is 15.1. The Morgan fingerprint density at radius 2 is 1.89 bits per heavy atom. The fraction of sp³-hybridized carbons (Fsp3) is 0.647. The second-order valence-electron chi connectivity index (χ2n) is 5.64. The van der Waals surface area contributed by atoms with E-state index in [4.69, 9.17) is 5.73 Å². The summed E-state index contributed by atoms with van der Waals surface area (Å²) in [5.41, 5.74) is 9.94. The third kappa shape index (κ3) is 4.87. The van der Waals surface area contributed by atoms with Crippen LogP contribution >= 0.6 is 0 Å². The maximum Gasteiger partial charge on any atom is 0.0409 e. The molecular weight excluding hydrogens is 232 g/mol. The van der Waals surface area contributed by atoms with Crippen LogP contribution < -0.4 is 10.6 Å². The first kappa shape index (κ1) is 16.0. The van der Waals surface area contributed by atoms with Gasteiger partial charge in [0.05, 0.1) is 0 Å². The lowest BCUT2D eigenvalue weighted by Gasteiger charge is -2.30. The average molecular weight is 262 g/mol. The highest BCUT2D eigenvalue weighted by molar-refractivity contribution is 5.54. The fourth-order valence-corrected chi connectivity index (χ4v) is 2.67. The topological polar surface area (TPSA) is 29.3 Å². The van der Waals surface area contributed by atoms with Crippen LogP contribution in [0.2, 0.25) is 0 Å². The lowest BCUT2D eigenvalue weighted by Crippen LogP contribution is -2.38. The van der Waals surface area contributed by atoms with Crippen LogP contribution in [0.5, 0.6) is 0 Å². The number of nitrogens with two attached hydrogens (primary N) is 1. The third-order valence-electron chi connectivity index (χ3n) is 3.94. The Kier molecular flexibility index (Phi) is 6.93. The van der Waals surface area contributed by atoms with Gasteiger partial charge in [-0.15, -0.1) is 0 Å². The standard InChI is InChI=1S/C17H30N2/c1-5-6-7-8-9-16(13-18)19(4)17-11-10-14(2)12-15(17)3/h10-12,16H,5-9,13,18H2,1-4H3. The van der Waals surface area contributed by atoms with Crippen LogP contribution in [0.25, 0.3) is 0 Å². The minimum absolute atomic E-state index is 0.457. The molecule has 1 unspecified atom stereocenters. The molecule has 0 aliphatic carbocycles. The number of anilines is 1. The molecule has 0 aromatic heterocycles. The molecule has 2 heteroatoms. The van der Waals surface area contributed by atoms with Crippen molar-refractivity contribution < 1.29 is 0 Å². The number of aryl methyl sites for hydroxylation is 2. The summed E-state index contributed by atoms with van der Waals surface area (Å²) in [6.07, 6.45) is 6.43. The Morgan fingerprint density at radius 1 is 1.16 bits per heavy atom. The normalized spacial score (nSPS) is 12.5. The van der Waals surface area contributed by atoms with E-state index in [-0.39, 0.29) is 0 Å². The molecule has 0 aliphatic heterocycles. The molecule has 1 aromatic rings. The van der Waals surface area contributed by atoms with Gasteiger partial charge in [-0.2, -0.15) is 0 Å². The van der Waals surface area contributed by atoms with Crippen LogP contribution in [-0.2, 0) is 0 Å². The van der Waals surface area contributed by atoms with Gasteiger partial charge in [-0.25, -0.2) is 0 Å². The van der Waals surface area contributed by atoms with Crippen LogP contribution in [0.4, 0.5) is 5.69 Å². The third-order valence-corrected chi connectivity index (χ3v) is 3.94. The van der Waals surface area contributed by atoms with Gasteiger partial charge in [0.2, 0.25) is 0 Å². The van der Waals surface area contributed by atoms with Crippen molar-refractivity contribution in [3.63, 3.8) is 0 Å². The molecule has 2 N–H and O–H groups in total. The van der Waals surface area contributed by atoms with Gasteiger partial charge in [0.1, 0.15) is 0 Å². The first-order valence-corrected chi connectivity index (χ1v) is 7.60. The van der Waals surface area contributed by atoms with E-state index in [0.29, 0.717) is 6.04 Å². The first-order chi connectivity index (χ1) is 9.10. The molecule has 0 fully saturated rings. The number of benzene rings is 1. The monoisotopic (exact) mass is 262 g/mol. The summed E-state index contributed by atoms with van der Waals surface area (Å²) < 4.78 is 0. The zero-order chi connectivity index (χ0) is 14.3. The van der Waals surface area contributed by atoms with Gasteiger partial charge < -0.3 is 10.6 Å². The molecule has 2 nitrogen and oxygen atoms in total. The summed E-state index contributed by atoms with van der Waals surface area (Å²) in [5.74, 6) is 0. The highest BCUT2D eigenvalue weighted by Crippen LogP contribution is 2.23. The smallest absolute Gasteiger partial charge is 0.0409 e. The van der Waals surface area contributed by atoms with Crippen molar-refractivity contribution in [3.05, 3.63) is 29.3 Å². The summed E-state index contributed by atoms with van der Waals surface area (Å²) in [6, 6.07) is 7.11. The molecule has 0 radical (unpaired) electrons. The number of hydrogen-bond donors (Lipinski definition) is 1. The Morgan fingerprint density at radius 3 is 2.47 bits per heavy atom. The molecule has 0 saturated carbocycles. The van der Waals surface area contributed by atoms with Gasteiger partial charge in [-0.1, -0.05) is 50.3 Å². The lowest BCUT2D eigenvalue weighted by molar-refractivity contribution is 0.534. The van der Waals surface area contributed by atoms with Crippen molar-refractivity contribution in [1.29, 1.82) is 0 Å². The predicted octanol–water partition coefficient (Wildman–Crippen LogP) is 4.04. The van der Waals surface area contributed by atoms with Crippen LogP contribution in [0.3, 0.4) is 0 Å². The van der Waals surface area contributed by atoms with E-state index in [1.807, 2.05) is 0 Å². The molecular formula is C17H30N2. The second kappa shape index (κ2) is 8.21. The number of rotatable bonds is 8. The predicted molar refractivity (Wildman–Crippen MR) is 85.9 cm³/mol. The summed E-state index contributed by atoms with van der Waals surface area (Å²) in [4.78, 5) is 2.36. The first-order valence-electron chi connectivity index (χ1n) is 7.60. The Hall–Kier alpha value is -1.02. The van der Waals surface area contributed by atoms with E-state index in [1.54, 1.807) is 0 Å². The molecule has 0 bridgehead atoms. The maximum absolute atomic E-state index is 5.96. The molecule has 0 spiro atoms. The number of nitrogens with zero attached hydrogens (tertiary/aromatic N) is 1. The van der Waals surface area contributed by atoms with E-state index < -0.39 is 0 Å². The average Bonchev–Trinajstić information content (AvgIpc) is 2.38. The molecule has 0 aliphatic rings. The summed E-state index contributed by atoms with van der Waals surface area (Å²) in [7, 11) is 2.18. The summed E-state index contributed by atoms with van der Waals surface area (Å²) in [5, 5.41) is 0. The Balaban J connectivity index is 2.64. The van der Waals surface area contributed by atoms with Gasteiger partial charge in [0.15, 0.2) is 0 Å². The number of likely N-dealkylation sites (N-methyl/N-ethyl adjacent to an activating group) is 1. The van der Waals surface area contributed by atoms with E-state index in [1.165, 1.54) is 48.9 Å². The van der Waals surface area contributed by atoms with Crippen LogP contribution in [0.15, 0.2) is 18.2 Å². The summed E-state index contributed by atoms with van der Waals surface area (Å²) >= 11 is 0. The van der Waals surface area contributed by atoms with E-state index in [9.17, 15) is 0 Å². The molecule has 0 saturated heterocycles. The van der Waals surface area contributed by atoms with Crippen molar-refractivity contribution in [1.82, 2.24) is 0 Å². The van der Waals surface area contributed by atoms with Crippen molar-refractivity contribution >= 4 is 5.69 Å². The lowest BCUT2D eigenvalue weighted by atomic mass is 10.0. The van der Waals surface area contributed by atoms with Crippen molar-refractivity contribution in [2.45, 2.75) is 58.9 Å². The fourth-order valence-electron chi connectivity index (χ4n) is 2.67. The molecule has 1 aromatic carbocycles. The van der Waals surface area contributed by atoms with Gasteiger partial charge in [0.25, 0.3) is 0 Å². The van der Waals surface area contributed by atoms with Crippen molar-refractivity contribution in [2.75, 3.05) is 18.5 Å². The SMILES string of the molecule is CCCCCCC(CN)N(C)c1ccc(C)cc1C. The van der Waals surface area contributed by atoms with Gasteiger partial charge >= 0.3 is 0 Å². The van der Waals surface area contributed by atoms with Crippen LogP contribution in [0, 0.1) is 13.8 Å². The zero-order valence-electron chi connectivity index (χ0n) is 13.1. The molecule has 108 valence electrons. The van der Waals surface area contributed by atoms with Crippen LogP contribution in [0.1, 0.15) is 50.2 Å². The molecule has 0 heterocycles. The quantitative estimate of drug-likeness (QED) is 0.716.